The van der Waals surface area contributed by atoms with E-state index in [1.807, 2.05) is 0 Å². The van der Waals surface area contributed by atoms with E-state index >= 15 is 0 Å². The number of hydrogen-bond donors (Lipinski definition) is 1. The maximum atomic E-state index is 5.81. The van der Waals surface area contributed by atoms with Crippen LogP contribution in [0.3, 0.4) is 0 Å². The lowest BCUT2D eigenvalue weighted by Gasteiger charge is -2.35. The van der Waals surface area contributed by atoms with Crippen molar-refractivity contribution in [1.82, 2.24) is 4.90 Å². The Morgan fingerprint density at radius 2 is 1.88 bits per heavy atom. The molecule has 1 fully saturated rings. The summed E-state index contributed by atoms with van der Waals surface area (Å²) in [6.07, 6.45) is 2.68. The van der Waals surface area contributed by atoms with E-state index in [0.717, 1.165) is 25.0 Å². The highest BCUT2D eigenvalue weighted by Crippen LogP contribution is 2.43. The predicted molar refractivity (Wildman–Crippen MR) is 71.4 cm³/mol. The molecule has 1 aliphatic carbocycles. The smallest absolute Gasteiger partial charge is 0.0123 e. The molecule has 1 aliphatic rings. The van der Waals surface area contributed by atoms with Crippen molar-refractivity contribution in [3.05, 3.63) is 0 Å². The van der Waals surface area contributed by atoms with Crippen LogP contribution in [0.15, 0.2) is 0 Å². The molecular formula is C14H30N2. The molecule has 0 aromatic rings. The van der Waals surface area contributed by atoms with E-state index in [2.05, 4.69) is 46.6 Å². The Hall–Kier alpha value is -0.0800. The Morgan fingerprint density at radius 3 is 2.25 bits per heavy atom. The average Bonchev–Trinajstić information content (AvgIpc) is 2.39. The lowest BCUT2D eigenvalue weighted by molar-refractivity contribution is 0.139. The molecule has 0 saturated heterocycles. The van der Waals surface area contributed by atoms with Gasteiger partial charge in [-0.05, 0) is 43.2 Å². The first kappa shape index (κ1) is 14.0. The van der Waals surface area contributed by atoms with Crippen molar-refractivity contribution in [2.24, 2.45) is 22.5 Å². The van der Waals surface area contributed by atoms with Crippen LogP contribution in [0.25, 0.3) is 0 Å². The third kappa shape index (κ3) is 3.46. The highest BCUT2D eigenvalue weighted by Gasteiger charge is 2.39. The van der Waals surface area contributed by atoms with Gasteiger partial charge in [0.05, 0.1) is 0 Å². The summed E-state index contributed by atoms with van der Waals surface area (Å²) < 4.78 is 0. The lowest BCUT2D eigenvalue weighted by Crippen LogP contribution is -2.43. The molecule has 2 N–H and O–H groups in total. The van der Waals surface area contributed by atoms with Crippen LogP contribution in [-0.2, 0) is 0 Å². The van der Waals surface area contributed by atoms with Gasteiger partial charge in [-0.1, -0.05) is 34.6 Å². The average molecular weight is 226 g/mol. The van der Waals surface area contributed by atoms with E-state index in [-0.39, 0.29) is 5.41 Å². The quantitative estimate of drug-likeness (QED) is 0.798. The SMILES string of the molecule is CC1CC(C)(C)CC1N(C)CC(C)(C)CN. The van der Waals surface area contributed by atoms with Crippen molar-refractivity contribution >= 4 is 0 Å². The molecule has 0 bridgehead atoms. The summed E-state index contributed by atoms with van der Waals surface area (Å²) >= 11 is 0. The van der Waals surface area contributed by atoms with Gasteiger partial charge < -0.3 is 10.6 Å². The third-order valence-electron chi connectivity index (χ3n) is 4.09. The molecule has 0 amide bonds. The minimum atomic E-state index is 0.237. The fourth-order valence-electron chi connectivity index (χ4n) is 3.31. The van der Waals surface area contributed by atoms with E-state index in [0.29, 0.717) is 5.41 Å². The molecule has 2 atom stereocenters. The molecule has 0 aromatic carbocycles. The first-order chi connectivity index (χ1) is 7.17. The van der Waals surface area contributed by atoms with Crippen LogP contribution < -0.4 is 5.73 Å². The summed E-state index contributed by atoms with van der Waals surface area (Å²) in [5, 5.41) is 0. The van der Waals surface area contributed by atoms with Crippen molar-refractivity contribution < 1.29 is 0 Å². The minimum absolute atomic E-state index is 0.237. The standard InChI is InChI=1S/C14H30N2/c1-11-7-13(2,3)8-12(11)16(6)10-14(4,5)9-15/h11-12H,7-10,15H2,1-6H3. The number of nitrogens with zero attached hydrogens (tertiary/aromatic N) is 1. The van der Waals surface area contributed by atoms with Gasteiger partial charge >= 0.3 is 0 Å². The molecule has 0 aromatic heterocycles. The zero-order valence-corrected chi connectivity index (χ0v) is 12.0. The number of rotatable bonds is 4. The largest absolute Gasteiger partial charge is 0.330 e. The topological polar surface area (TPSA) is 29.3 Å². The van der Waals surface area contributed by atoms with Crippen molar-refractivity contribution in [3.8, 4) is 0 Å². The van der Waals surface area contributed by atoms with E-state index in [1.54, 1.807) is 0 Å². The van der Waals surface area contributed by atoms with Gasteiger partial charge in [0, 0.05) is 12.6 Å². The van der Waals surface area contributed by atoms with Crippen LogP contribution in [0, 0.1) is 16.7 Å². The van der Waals surface area contributed by atoms with Gasteiger partial charge in [-0.25, -0.2) is 0 Å². The van der Waals surface area contributed by atoms with Crippen LogP contribution in [0.5, 0.6) is 0 Å². The monoisotopic (exact) mass is 226 g/mol. The zero-order valence-electron chi connectivity index (χ0n) is 12.0. The Labute approximate surface area is 102 Å². The van der Waals surface area contributed by atoms with Crippen LogP contribution in [0.4, 0.5) is 0 Å². The molecule has 0 heterocycles. The molecule has 1 saturated carbocycles. The number of hydrogen-bond acceptors (Lipinski definition) is 2. The van der Waals surface area contributed by atoms with Crippen molar-refractivity contribution in [3.63, 3.8) is 0 Å². The number of nitrogens with two attached hydrogens (primary N) is 1. The fourth-order valence-corrected chi connectivity index (χ4v) is 3.31. The highest BCUT2D eigenvalue weighted by atomic mass is 15.1. The van der Waals surface area contributed by atoms with Gasteiger partial charge in [-0.2, -0.15) is 0 Å². The second-order valence-corrected chi connectivity index (χ2v) is 7.40. The van der Waals surface area contributed by atoms with Gasteiger partial charge in [0.1, 0.15) is 0 Å². The van der Waals surface area contributed by atoms with Crippen LogP contribution in [-0.4, -0.2) is 31.1 Å². The van der Waals surface area contributed by atoms with E-state index in [1.165, 1.54) is 12.8 Å². The Kier molecular flexibility index (Phi) is 4.07. The molecule has 2 unspecified atom stereocenters. The summed E-state index contributed by atoms with van der Waals surface area (Å²) in [4.78, 5) is 2.53. The lowest BCUT2D eigenvalue weighted by atomic mass is 9.90. The second kappa shape index (κ2) is 4.66. The van der Waals surface area contributed by atoms with Crippen LogP contribution in [0.1, 0.15) is 47.5 Å². The van der Waals surface area contributed by atoms with Gasteiger partial charge in [0.15, 0.2) is 0 Å². The predicted octanol–water partition coefficient (Wildman–Crippen LogP) is 2.73. The Bertz CT molecular complexity index is 233. The molecule has 2 nitrogen and oxygen atoms in total. The van der Waals surface area contributed by atoms with Crippen molar-refractivity contribution in [1.29, 1.82) is 0 Å². The summed E-state index contributed by atoms with van der Waals surface area (Å²) in [6.45, 7) is 13.6. The Balaban J connectivity index is 2.58. The molecule has 2 heteroatoms. The summed E-state index contributed by atoms with van der Waals surface area (Å²) in [7, 11) is 2.26. The van der Waals surface area contributed by atoms with Crippen LogP contribution >= 0.6 is 0 Å². The van der Waals surface area contributed by atoms with Gasteiger partial charge in [0.25, 0.3) is 0 Å². The maximum Gasteiger partial charge on any atom is 0.0123 e. The van der Waals surface area contributed by atoms with E-state index in [4.69, 9.17) is 5.73 Å². The van der Waals surface area contributed by atoms with Gasteiger partial charge in [-0.3, -0.25) is 0 Å². The van der Waals surface area contributed by atoms with Crippen molar-refractivity contribution in [2.75, 3.05) is 20.1 Å². The first-order valence-electron chi connectivity index (χ1n) is 6.57. The summed E-state index contributed by atoms with van der Waals surface area (Å²) in [5.41, 5.74) is 6.57. The fraction of sp³-hybridized carbons (Fsp3) is 1.00. The highest BCUT2D eigenvalue weighted by molar-refractivity contribution is 4.92. The van der Waals surface area contributed by atoms with Gasteiger partial charge in [-0.15, -0.1) is 0 Å². The molecule has 0 radical (unpaired) electrons. The molecular weight excluding hydrogens is 196 g/mol. The molecule has 0 spiro atoms. The molecule has 1 rings (SSSR count). The first-order valence-corrected chi connectivity index (χ1v) is 6.57. The Morgan fingerprint density at radius 1 is 1.31 bits per heavy atom. The molecule has 0 aliphatic heterocycles. The maximum absolute atomic E-state index is 5.81. The van der Waals surface area contributed by atoms with Crippen molar-refractivity contribution in [2.45, 2.75) is 53.5 Å². The minimum Gasteiger partial charge on any atom is -0.330 e. The molecule has 16 heavy (non-hydrogen) atoms. The van der Waals surface area contributed by atoms with E-state index in [9.17, 15) is 0 Å². The van der Waals surface area contributed by atoms with E-state index < -0.39 is 0 Å². The third-order valence-corrected chi connectivity index (χ3v) is 4.09. The van der Waals surface area contributed by atoms with Crippen LogP contribution in [0.2, 0.25) is 0 Å². The normalized spacial score (nSPS) is 30.0. The summed E-state index contributed by atoms with van der Waals surface area (Å²) in [5.74, 6) is 0.813. The summed E-state index contributed by atoms with van der Waals surface area (Å²) in [6, 6.07) is 0.737. The zero-order chi connectivity index (χ0) is 12.6. The molecule has 96 valence electrons. The van der Waals surface area contributed by atoms with Gasteiger partial charge in [0.2, 0.25) is 0 Å². The second-order valence-electron chi connectivity index (χ2n) is 7.40.